The molecule has 3 nitrogen and oxygen atoms in total. The van der Waals surface area contributed by atoms with Crippen LogP contribution < -0.4 is 4.90 Å². The van der Waals surface area contributed by atoms with Crippen molar-refractivity contribution in [2.75, 3.05) is 4.90 Å². The van der Waals surface area contributed by atoms with Crippen LogP contribution in [0.1, 0.15) is 0 Å². The van der Waals surface area contributed by atoms with Gasteiger partial charge in [-0.25, -0.2) is 4.98 Å². The third-order valence-corrected chi connectivity index (χ3v) is 10.0. The van der Waals surface area contributed by atoms with E-state index in [-0.39, 0.29) is 0 Å². The second kappa shape index (κ2) is 12.4. The van der Waals surface area contributed by atoms with Crippen molar-refractivity contribution < 1.29 is 4.42 Å². The van der Waals surface area contributed by atoms with Gasteiger partial charge in [0.1, 0.15) is 11.1 Å². The van der Waals surface area contributed by atoms with Gasteiger partial charge in [-0.05, 0) is 98.8 Å². The zero-order valence-corrected chi connectivity index (χ0v) is 28.3. The van der Waals surface area contributed by atoms with Crippen LogP contribution in [0.5, 0.6) is 0 Å². The predicted molar refractivity (Wildman–Crippen MR) is 218 cm³/mol. The third kappa shape index (κ3) is 5.19. The lowest BCUT2D eigenvalue weighted by Crippen LogP contribution is -2.11. The average molecular weight is 665 g/mol. The summed E-state index contributed by atoms with van der Waals surface area (Å²) in [6.07, 6.45) is 0. The second-order valence-corrected chi connectivity index (χ2v) is 13.2. The average Bonchev–Trinajstić information content (AvgIpc) is 3.58. The van der Waals surface area contributed by atoms with Gasteiger partial charge >= 0.3 is 0 Å². The first-order chi connectivity index (χ1) is 25.8. The Balaban J connectivity index is 1.16. The minimum absolute atomic E-state index is 0.776. The van der Waals surface area contributed by atoms with E-state index in [0.717, 1.165) is 66.7 Å². The van der Waals surface area contributed by atoms with Crippen LogP contribution in [0.3, 0.4) is 0 Å². The normalized spacial score (nSPS) is 11.5. The number of benzene rings is 8. The van der Waals surface area contributed by atoms with Gasteiger partial charge in [-0.2, -0.15) is 0 Å². The van der Waals surface area contributed by atoms with Crippen molar-refractivity contribution in [2.45, 2.75) is 0 Å². The molecule has 3 heteroatoms. The first-order valence-electron chi connectivity index (χ1n) is 17.6. The highest BCUT2D eigenvalue weighted by atomic mass is 16.3. The molecule has 52 heavy (non-hydrogen) atoms. The minimum atomic E-state index is 0.776. The molecule has 0 amide bonds. The summed E-state index contributed by atoms with van der Waals surface area (Å²) in [7, 11) is 0. The molecule has 2 aromatic heterocycles. The van der Waals surface area contributed by atoms with Crippen LogP contribution in [0, 0.1) is 0 Å². The Morgan fingerprint density at radius 2 is 0.981 bits per heavy atom. The molecule has 244 valence electrons. The van der Waals surface area contributed by atoms with Crippen LogP contribution in [0.15, 0.2) is 199 Å². The van der Waals surface area contributed by atoms with Crippen LogP contribution >= 0.6 is 0 Å². The molecular formula is C49H32N2O. The molecule has 0 aliphatic carbocycles. The molecular weight excluding hydrogens is 633 g/mol. The summed E-state index contributed by atoms with van der Waals surface area (Å²) in [5.41, 5.74) is 13.6. The lowest BCUT2D eigenvalue weighted by molar-refractivity contribution is 0.669. The van der Waals surface area contributed by atoms with E-state index in [1.54, 1.807) is 0 Å². The predicted octanol–water partition coefficient (Wildman–Crippen LogP) is 13.8. The molecule has 0 aliphatic heterocycles. The van der Waals surface area contributed by atoms with E-state index in [2.05, 4.69) is 181 Å². The first kappa shape index (κ1) is 29.9. The third-order valence-electron chi connectivity index (χ3n) is 10.0. The molecule has 10 rings (SSSR count). The van der Waals surface area contributed by atoms with Crippen molar-refractivity contribution in [3.05, 3.63) is 194 Å². The van der Waals surface area contributed by atoms with Gasteiger partial charge in [0.15, 0.2) is 5.58 Å². The Morgan fingerprint density at radius 3 is 1.81 bits per heavy atom. The van der Waals surface area contributed by atoms with Crippen molar-refractivity contribution in [2.24, 2.45) is 0 Å². The van der Waals surface area contributed by atoms with Gasteiger partial charge in [-0.1, -0.05) is 140 Å². The van der Waals surface area contributed by atoms with Crippen molar-refractivity contribution in [3.8, 4) is 33.4 Å². The number of furan rings is 1. The SMILES string of the molecule is c1ccc(-c2ccc(-c3cccc(N(c4cccc(-c5cccc6ccccc56)c4)c4cccc5nc6c(cc45)oc4ccccc46)c3)cc2)cc1. The molecule has 0 radical (unpaired) electrons. The summed E-state index contributed by atoms with van der Waals surface area (Å²) in [5, 5.41) is 4.50. The van der Waals surface area contributed by atoms with E-state index in [1.165, 1.54) is 27.5 Å². The number of hydrogen-bond acceptors (Lipinski definition) is 3. The van der Waals surface area contributed by atoms with E-state index < -0.39 is 0 Å². The Kier molecular flexibility index (Phi) is 7.14. The van der Waals surface area contributed by atoms with Gasteiger partial charge in [0, 0.05) is 22.1 Å². The fourth-order valence-corrected chi connectivity index (χ4v) is 7.52. The molecule has 0 N–H and O–H groups in total. The summed E-state index contributed by atoms with van der Waals surface area (Å²) in [5.74, 6) is 0. The van der Waals surface area contributed by atoms with Crippen LogP contribution in [0.4, 0.5) is 17.1 Å². The fourth-order valence-electron chi connectivity index (χ4n) is 7.52. The molecule has 0 spiro atoms. The van der Waals surface area contributed by atoms with Gasteiger partial charge in [-0.15, -0.1) is 0 Å². The summed E-state index contributed by atoms with van der Waals surface area (Å²) in [6.45, 7) is 0. The molecule has 10 aromatic rings. The number of anilines is 3. The number of hydrogen-bond donors (Lipinski definition) is 0. The number of aromatic nitrogens is 1. The standard InChI is InChI=1S/C49H32N2O/c1-2-12-33(13-3-1)34-26-28-35(29-27-34)37-16-8-18-39(30-37)51(40-19-9-17-38(31-40)42-22-10-15-36-14-4-5-20-41(36)42)46-24-11-23-45-44(46)32-48-49(50-45)43-21-6-7-25-47(43)52-48/h1-32H. The molecule has 0 saturated heterocycles. The largest absolute Gasteiger partial charge is 0.454 e. The first-order valence-corrected chi connectivity index (χ1v) is 17.6. The van der Waals surface area contributed by atoms with Gasteiger partial charge in [0.05, 0.1) is 11.2 Å². The highest BCUT2D eigenvalue weighted by molar-refractivity contribution is 6.09. The number of nitrogens with zero attached hydrogens (tertiary/aromatic N) is 2. The highest BCUT2D eigenvalue weighted by Crippen LogP contribution is 2.43. The summed E-state index contributed by atoms with van der Waals surface area (Å²) in [4.78, 5) is 7.53. The number of para-hydroxylation sites is 1. The maximum absolute atomic E-state index is 6.36. The van der Waals surface area contributed by atoms with Gasteiger partial charge in [-0.3, -0.25) is 0 Å². The topological polar surface area (TPSA) is 29.3 Å². The molecule has 0 fully saturated rings. The Morgan fingerprint density at radius 1 is 0.385 bits per heavy atom. The lowest BCUT2D eigenvalue weighted by Gasteiger charge is -2.27. The van der Waals surface area contributed by atoms with E-state index >= 15 is 0 Å². The Bertz CT molecular complexity index is 2900. The zero-order chi connectivity index (χ0) is 34.4. The Hall–Kier alpha value is -6.97. The molecule has 0 saturated carbocycles. The van der Waals surface area contributed by atoms with E-state index in [9.17, 15) is 0 Å². The maximum Gasteiger partial charge on any atom is 0.154 e. The van der Waals surface area contributed by atoms with E-state index in [1.807, 2.05) is 18.2 Å². The van der Waals surface area contributed by atoms with Crippen molar-refractivity contribution in [3.63, 3.8) is 0 Å². The van der Waals surface area contributed by atoms with E-state index in [0.29, 0.717) is 0 Å². The van der Waals surface area contributed by atoms with Crippen LogP contribution in [0.2, 0.25) is 0 Å². The number of fused-ring (bicyclic) bond motifs is 5. The minimum Gasteiger partial charge on any atom is -0.454 e. The van der Waals surface area contributed by atoms with Crippen LogP contribution in [-0.2, 0) is 0 Å². The summed E-state index contributed by atoms with van der Waals surface area (Å²) < 4.78 is 6.36. The number of rotatable bonds is 6. The van der Waals surface area contributed by atoms with Crippen LogP contribution in [-0.4, -0.2) is 4.98 Å². The zero-order valence-electron chi connectivity index (χ0n) is 28.3. The summed E-state index contributed by atoms with van der Waals surface area (Å²) in [6, 6.07) is 68.8. The van der Waals surface area contributed by atoms with Crippen molar-refractivity contribution >= 4 is 60.8 Å². The van der Waals surface area contributed by atoms with Crippen molar-refractivity contribution in [1.82, 2.24) is 4.98 Å². The molecule has 0 unspecified atom stereocenters. The molecule has 0 aliphatic rings. The van der Waals surface area contributed by atoms with Gasteiger partial charge in [0.25, 0.3) is 0 Å². The van der Waals surface area contributed by atoms with E-state index in [4.69, 9.17) is 9.40 Å². The molecule has 2 heterocycles. The highest BCUT2D eigenvalue weighted by Gasteiger charge is 2.19. The number of pyridine rings is 1. The smallest absolute Gasteiger partial charge is 0.154 e. The molecule has 8 aromatic carbocycles. The fraction of sp³-hybridized carbons (Fsp3) is 0. The Labute approximate surface area is 301 Å². The lowest BCUT2D eigenvalue weighted by atomic mass is 9.97. The quantitative estimate of drug-likeness (QED) is 0.177. The maximum atomic E-state index is 6.36. The molecule has 0 bridgehead atoms. The summed E-state index contributed by atoms with van der Waals surface area (Å²) >= 11 is 0. The van der Waals surface area contributed by atoms with Crippen LogP contribution in [0.25, 0.3) is 77.1 Å². The molecule has 0 atom stereocenters. The van der Waals surface area contributed by atoms with Crippen molar-refractivity contribution in [1.29, 1.82) is 0 Å². The monoisotopic (exact) mass is 664 g/mol. The second-order valence-electron chi connectivity index (χ2n) is 13.2. The van der Waals surface area contributed by atoms with Gasteiger partial charge < -0.3 is 9.32 Å². The van der Waals surface area contributed by atoms with Gasteiger partial charge in [0.2, 0.25) is 0 Å².